The summed E-state index contributed by atoms with van der Waals surface area (Å²) in [5.74, 6) is -0.0336. The number of hydrogen-bond donors (Lipinski definition) is 1. The maximum Gasteiger partial charge on any atom is 0.278 e. The third-order valence-electron chi connectivity index (χ3n) is 6.04. The number of aromatic amines is 1. The van der Waals surface area contributed by atoms with Gasteiger partial charge in [0.05, 0.1) is 35.9 Å². The SMILES string of the molecule is Cc1[nH]n2c(=O)c3c(nc2c1-c1ccccc1)CN(C(=O)C[C@H]1CCS(=O)(=O)C1)C3. The third-order valence-corrected chi connectivity index (χ3v) is 7.87. The molecule has 0 spiro atoms. The quantitative estimate of drug-likeness (QED) is 0.686. The van der Waals surface area contributed by atoms with E-state index in [2.05, 4.69) is 5.10 Å². The molecule has 8 nitrogen and oxygen atoms in total. The lowest BCUT2D eigenvalue weighted by Gasteiger charge is -2.17. The Hall–Kier alpha value is -2.94. The molecular weight excluding hydrogens is 404 g/mol. The van der Waals surface area contributed by atoms with Crippen molar-refractivity contribution in [3.8, 4) is 11.1 Å². The zero-order valence-corrected chi connectivity index (χ0v) is 17.4. The molecule has 0 saturated carbocycles. The van der Waals surface area contributed by atoms with E-state index < -0.39 is 9.84 Å². The van der Waals surface area contributed by atoms with Crippen molar-refractivity contribution in [2.75, 3.05) is 11.5 Å². The van der Waals surface area contributed by atoms with Gasteiger partial charge in [-0.05, 0) is 24.8 Å². The summed E-state index contributed by atoms with van der Waals surface area (Å²) < 4.78 is 24.8. The number of aryl methyl sites for hydroxylation is 1. The Bertz CT molecular complexity index is 1320. The van der Waals surface area contributed by atoms with Crippen LogP contribution in [-0.4, -0.2) is 45.3 Å². The highest BCUT2D eigenvalue weighted by atomic mass is 32.2. The fourth-order valence-corrected chi connectivity index (χ4v) is 6.38. The predicted octanol–water partition coefficient (Wildman–Crippen LogP) is 1.67. The number of H-pyrrole nitrogens is 1. The first-order chi connectivity index (χ1) is 14.3. The normalized spacial score (nSPS) is 20.0. The number of carbonyl (C=O) groups excluding carboxylic acids is 1. The van der Waals surface area contributed by atoms with Gasteiger partial charge in [-0.2, -0.15) is 0 Å². The molecule has 1 aromatic carbocycles. The van der Waals surface area contributed by atoms with Crippen molar-refractivity contribution >= 4 is 21.4 Å². The molecule has 2 aliphatic rings. The van der Waals surface area contributed by atoms with E-state index in [0.717, 1.165) is 16.8 Å². The number of nitrogens with zero attached hydrogens (tertiary/aromatic N) is 3. The summed E-state index contributed by atoms with van der Waals surface area (Å²) in [6.07, 6.45) is 0.722. The minimum atomic E-state index is -3.02. The number of amides is 1. The van der Waals surface area contributed by atoms with Gasteiger partial charge in [0, 0.05) is 17.7 Å². The van der Waals surface area contributed by atoms with Gasteiger partial charge in [-0.15, -0.1) is 0 Å². The van der Waals surface area contributed by atoms with Crippen molar-refractivity contribution < 1.29 is 13.2 Å². The van der Waals surface area contributed by atoms with Crippen LogP contribution in [-0.2, 0) is 27.7 Å². The van der Waals surface area contributed by atoms with Crippen LogP contribution in [0.15, 0.2) is 35.1 Å². The molecule has 1 amide bonds. The van der Waals surface area contributed by atoms with Crippen LogP contribution in [0.4, 0.5) is 0 Å². The molecule has 5 rings (SSSR count). The molecule has 0 aliphatic carbocycles. The molecule has 0 radical (unpaired) electrons. The molecule has 0 unspecified atom stereocenters. The lowest BCUT2D eigenvalue weighted by Crippen LogP contribution is -2.28. The van der Waals surface area contributed by atoms with Crippen LogP contribution in [0.1, 0.15) is 29.8 Å². The van der Waals surface area contributed by atoms with Gasteiger partial charge in [-0.25, -0.2) is 17.9 Å². The van der Waals surface area contributed by atoms with E-state index >= 15 is 0 Å². The van der Waals surface area contributed by atoms with Crippen molar-refractivity contribution in [2.24, 2.45) is 5.92 Å². The van der Waals surface area contributed by atoms with Crippen molar-refractivity contribution in [1.29, 1.82) is 0 Å². The van der Waals surface area contributed by atoms with Crippen molar-refractivity contribution in [3.63, 3.8) is 0 Å². The largest absolute Gasteiger partial charge is 0.332 e. The van der Waals surface area contributed by atoms with Crippen molar-refractivity contribution in [1.82, 2.24) is 19.5 Å². The standard InChI is InChI=1S/C21H22N4O4S/c1-13-19(15-5-3-2-4-6-15)20-22-17-11-24(10-16(17)21(27)25(20)23-13)18(26)9-14-7-8-30(28,29)12-14/h2-6,14,23H,7-12H2,1H3/t14-/m1/s1. The van der Waals surface area contributed by atoms with E-state index in [1.54, 1.807) is 4.90 Å². The van der Waals surface area contributed by atoms with Gasteiger partial charge < -0.3 is 4.90 Å². The summed E-state index contributed by atoms with van der Waals surface area (Å²) in [7, 11) is -3.02. The minimum Gasteiger partial charge on any atom is -0.332 e. The smallest absolute Gasteiger partial charge is 0.278 e. The van der Waals surface area contributed by atoms with Gasteiger partial charge in [0.15, 0.2) is 15.5 Å². The second kappa shape index (κ2) is 6.80. The summed E-state index contributed by atoms with van der Waals surface area (Å²) >= 11 is 0. The summed E-state index contributed by atoms with van der Waals surface area (Å²) in [6, 6.07) is 9.76. The van der Waals surface area contributed by atoms with E-state index in [9.17, 15) is 18.0 Å². The second-order valence-electron chi connectivity index (χ2n) is 8.20. The number of fused-ring (bicyclic) bond motifs is 2. The number of nitrogens with one attached hydrogen (secondary N) is 1. The first-order valence-electron chi connectivity index (χ1n) is 9.99. The van der Waals surface area contributed by atoms with Gasteiger partial charge in [0.1, 0.15) is 0 Å². The van der Waals surface area contributed by atoms with Gasteiger partial charge in [0.25, 0.3) is 5.56 Å². The van der Waals surface area contributed by atoms with Crippen LogP contribution in [0.2, 0.25) is 0 Å². The Morgan fingerprint density at radius 2 is 2.00 bits per heavy atom. The number of hydrogen-bond acceptors (Lipinski definition) is 5. The van der Waals surface area contributed by atoms with Crippen LogP contribution in [0.25, 0.3) is 16.8 Å². The van der Waals surface area contributed by atoms with Crippen LogP contribution in [0, 0.1) is 12.8 Å². The van der Waals surface area contributed by atoms with Crippen molar-refractivity contribution in [2.45, 2.75) is 32.9 Å². The fourth-order valence-electron chi connectivity index (χ4n) is 4.52. The van der Waals surface area contributed by atoms with Crippen LogP contribution >= 0.6 is 0 Å². The zero-order valence-electron chi connectivity index (χ0n) is 16.6. The van der Waals surface area contributed by atoms with Crippen LogP contribution in [0.3, 0.4) is 0 Å². The lowest BCUT2D eigenvalue weighted by atomic mass is 10.0. The highest BCUT2D eigenvalue weighted by Gasteiger charge is 2.34. The highest BCUT2D eigenvalue weighted by Crippen LogP contribution is 2.29. The Labute approximate surface area is 173 Å². The molecule has 0 bridgehead atoms. The summed E-state index contributed by atoms with van der Waals surface area (Å²) in [6.45, 7) is 2.39. The Kier molecular flexibility index (Phi) is 4.32. The molecule has 1 fully saturated rings. The lowest BCUT2D eigenvalue weighted by molar-refractivity contribution is -0.132. The molecular formula is C21H22N4O4S. The average molecular weight is 426 g/mol. The predicted molar refractivity (Wildman–Crippen MR) is 112 cm³/mol. The Morgan fingerprint density at radius 3 is 2.70 bits per heavy atom. The molecule has 1 N–H and O–H groups in total. The highest BCUT2D eigenvalue weighted by molar-refractivity contribution is 7.91. The van der Waals surface area contributed by atoms with E-state index in [1.807, 2.05) is 37.3 Å². The molecule has 1 atom stereocenters. The number of aromatic nitrogens is 3. The molecule has 1 saturated heterocycles. The molecule has 4 heterocycles. The monoisotopic (exact) mass is 426 g/mol. The molecule has 2 aromatic heterocycles. The van der Waals surface area contributed by atoms with Gasteiger partial charge in [-0.3, -0.25) is 14.7 Å². The van der Waals surface area contributed by atoms with Crippen molar-refractivity contribution in [3.05, 3.63) is 57.6 Å². The number of rotatable bonds is 3. The molecule has 9 heteroatoms. The molecule has 2 aliphatic heterocycles. The summed E-state index contributed by atoms with van der Waals surface area (Å²) in [5.41, 5.74) is 4.18. The minimum absolute atomic E-state index is 0.0726. The number of benzene rings is 1. The second-order valence-corrected chi connectivity index (χ2v) is 10.4. The first-order valence-corrected chi connectivity index (χ1v) is 11.8. The number of sulfone groups is 1. The molecule has 3 aromatic rings. The number of carbonyl (C=O) groups is 1. The maximum atomic E-state index is 13.1. The van der Waals surface area contributed by atoms with E-state index in [0.29, 0.717) is 23.3 Å². The van der Waals surface area contributed by atoms with Gasteiger partial charge in [-0.1, -0.05) is 30.3 Å². The van der Waals surface area contributed by atoms with E-state index in [4.69, 9.17) is 4.98 Å². The zero-order chi connectivity index (χ0) is 21.0. The van der Waals surface area contributed by atoms with E-state index in [1.165, 1.54) is 4.52 Å². The van der Waals surface area contributed by atoms with E-state index in [-0.39, 0.29) is 48.4 Å². The first kappa shape index (κ1) is 19.0. The maximum absolute atomic E-state index is 13.1. The molecule has 156 valence electrons. The average Bonchev–Trinajstić information content (AvgIpc) is 3.38. The topological polar surface area (TPSA) is 105 Å². The Balaban J connectivity index is 1.46. The van der Waals surface area contributed by atoms with Crippen LogP contribution < -0.4 is 5.56 Å². The summed E-state index contributed by atoms with van der Waals surface area (Å²) in [4.78, 5) is 32.2. The van der Waals surface area contributed by atoms with Gasteiger partial charge in [0.2, 0.25) is 5.91 Å². The van der Waals surface area contributed by atoms with Crippen LogP contribution in [0.5, 0.6) is 0 Å². The van der Waals surface area contributed by atoms with Gasteiger partial charge >= 0.3 is 0 Å². The third kappa shape index (κ3) is 3.13. The molecule has 30 heavy (non-hydrogen) atoms. The summed E-state index contributed by atoms with van der Waals surface area (Å²) in [5, 5.41) is 3.11. The Morgan fingerprint density at radius 1 is 1.23 bits per heavy atom. The fraction of sp³-hybridized carbons (Fsp3) is 0.381.